The van der Waals surface area contributed by atoms with E-state index in [-0.39, 0.29) is 47.8 Å². The fourth-order valence-electron chi connectivity index (χ4n) is 8.53. The van der Waals surface area contributed by atoms with Gasteiger partial charge in [-0.2, -0.15) is 0 Å². The van der Waals surface area contributed by atoms with Crippen molar-refractivity contribution in [2.45, 2.75) is 135 Å². The molecule has 4 rings (SSSR count). The minimum Gasteiger partial charge on any atom is -0.412 e. The van der Waals surface area contributed by atoms with E-state index in [1.165, 1.54) is 0 Å². The molecule has 37 heavy (non-hydrogen) atoms. The third-order valence-corrected chi connectivity index (χ3v) is 12.9. The van der Waals surface area contributed by atoms with Crippen LogP contribution in [0.25, 0.3) is 0 Å². The fraction of sp³-hybridized carbons (Fsp3) is 1.00. The summed E-state index contributed by atoms with van der Waals surface area (Å²) in [7, 11) is -1.46. The number of aliphatic hydroxyl groups excluding tert-OH is 1. The minimum atomic E-state index is -1.70. The second-order valence-electron chi connectivity index (χ2n) is 15.1. The van der Waals surface area contributed by atoms with Gasteiger partial charge in [0.1, 0.15) is 0 Å². The fourth-order valence-corrected chi connectivity index (χ4v) is 11.1. The number of hydrogen-bond acceptors (Lipinski definition) is 6. The molecule has 2 heterocycles. The van der Waals surface area contributed by atoms with Gasteiger partial charge in [0.15, 0.2) is 14.1 Å². The minimum absolute atomic E-state index is 0.0409. The molecule has 1 N–H and O–H groups in total. The molecular formula is C29H54O6Si2. The summed E-state index contributed by atoms with van der Waals surface area (Å²) >= 11 is 0. The maximum atomic E-state index is 12.5. The van der Waals surface area contributed by atoms with E-state index in [9.17, 15) is 9.57 Å². The second kappa shape index (κ2) is 10.8. The first kappa shape index (κ1) is 30.0. The summed E-state index contributed by atoms with van der Waals surface area (Å²) < 4.78 is 39.2. The molecule has 0 aromatic rings. The summed E-state index contributed by atoms with van der Waals surface area (Å²) in [5.74, 6) is 0.678. The van der Waals surface area contributed by atoms with Crippen LogP contribution in [0.5, 0.6) is 0 Å². The Kier molecular flexibility index (Phi) is 8.75. The van der Waals surface area contributed by atoms with Gasteiger partial charge >= 0.3 is 0 Å². The van der Waals surface area contributed by atoms with Gasteiger partial charge in [-0.25, -0.2) is 0 Å². The third-order valence-electron chi connectivity index (χ3n) is 10.1. The number of methoxy groups -OCH3 is 1. The van der Waals surface area contributed by atoms with Crippen molar-refractivity contribution in [3.05, 3.63) is 0 Å². The first-order chi connectivity index (χ1) is 17.1. The van der Waals surface area contributed by atoms with Gasteiger partial charge in [-0.15, -0.1) is 0 Å². The highest BCUT2D eigenvalue weighted by molar-refractivity contribution is 6.69. The third kappa shape index (κ3) is 6.36. The van der Waals surface area contributed by atoms with E-state index in [0.29, 0.717) is 17.8 Å². The van der Waals surface area contributed by atoms with Gasteiger partial charge in [0.05, 0.1) is 24.4 Å². The van der Waals surface area contributed by atoms with Crippen molar-refractivity contribution in [1.82, 2.24) is 0 Å². The van der Waals surface area contributed by atoms with Crippen LogP contribution in [0.4, 0.5) is 0 Å². The maximum absolute atomic E-state index is 12.5. The molecule has 2 saturated heterocycles. The highest BCUT2D eigenvalue weighted by Crippen LogP contribution is 2.60. The van der Waals surface area contributed by atoms with Crippen molar-refractivity contribution < 1.29 is 28.2 Å². The van der Waals surface area contributed by atoms with Gasteiger partial charge in [-0.3, -0.25) is 0 Å². The number of hydrogen-bond donors (Lipinski definition) is 1. The van der Waals surface area contributed by atoms with Crippen LogP contribution in [0.1, 0.15) is 73.1 Å². The molecule has 9 atom stereocenters. The largest absolute Gasteiger partial charge is 0.412 e. The molecule has 9 unspecified atom stereocenters. The molecule has 0 aromatic carbocycles. The Bertz CT molecular complexity index is 826. The lowest BCUT2D eigenvalue weighted by molar-refractivity contribution is -0.382. The zero-order valence-electron chi connectivity index (χ0n) is 25.0. The van der Waals surface area contributed by atoms with Crippen LogP contribution in [-0.2, 0) is 23.1 Å². The normalized spacial score (nSPS) is 43.2. The predicted molar refractivity (Wildman–Crippen MR) is 150 cm³/mol. The Hall–Kier alpha value is 0.0338. The van der Waals surface area contributed by atoms with E-state index in [2.05, 4.69) is 47.3 Å². The monoisotopic (exact) mass is 554 g/mol. The van der Waals surface area contributed by atoms with Crippen LogP contribution in [0.3, 0.4) is 0 Å². The van der Waals surface area contributed by atoms with Crippen LogP contribution in [0.2, 0.25) is 31.7 Å². The van der Waals surface area contributed by atoms with Crippen molar-refractivity contribution in [2.75, 3.05) is 13.7 Å². The molecule has 4 fully saturated rings. The molecule has 0 aromatic heterocycles. The van der Waals surface area contributed by atoms with Gasteiger partial charge in [0.2, 0.25) is 0 Å². The summed E-state index contributed by atoms with van der Waals surface area (Å²) in [6, 6.07) is 1.53. The van der Waals surface area contributed by atoms with Crippen LogP contribution in [0.15, 0.2) is 0 Å². The molecule has 0 radical (unpaired) electrons. The average Bonchev–Trinajstić information content (AvgIpc) is 2.77. The van der Waals surface area contributed by atoms with Crippen LogP contribution < -0.4 is 0 Å². The van der Waals surface area contributed by atoms with Gasteiger partial charge < -0.3 is 28.2 Å². The van der Waals surface area contributed by atoms with E-state index in [4.69, 9.17) is 18.6 Å². The SMILES string of the molecule is CC[Si](=O)CC1CC2C(CC1CO)OC1(CC2(C)C)CC(C)(C)C2CC(O[Si](C)(C)C)C(OC)CC2O1. The van der Waals surface area contributed by atoms with Gasteiger partial charge in [-0.05, 0) is 85.5 Å². The van der Waals surface area contributed by atoms with E-state index in [1.807, 2.05) is 6.92 Å². The highest BCUT2D eigenvalue weighted by Gasteiger charge is 2.61. The molecule has 2 aliphatic carbocycles. The average molecular weight is 555 g/mol. The Morgan fingerprint density at radius 2 is 1.46 bits per heavy atom. The van der Waals surface area contributed by atoms with E-state index in [0.717, 1.165) is 50.6 Å². The molecule has 214 valence electrons. The Morgan fingerprint density at radius 3 is 1.97 bits per heavy atom. The molecule has 8 heteroatoms. The smallest absolute Gasteiger partial charge is 0.276 e. The van der Waals surface area contributed by atoms with E-state index >= 15 is 0 Å². The van der Waals surface area contributed by atoms with Crippen LogP contribution in [0, 0.1) is 34.5 Å². The van der Waals surface area contributed by atoms with Gasteiger partial charge in [0.25, 0.3) is 8.68 Å². The molecular weight excluding hydrogens is 500 g/mol. The quantitative estimate of drug-likeness (QED) is 0.387. The number of aliphatic hydroxyl groups is 1. The lowest BCUT2D eigenvalue weighted by Crippen LogP contribution is -2.65. The lowest BCUT2D eigenvalue weighted by Gasteiger charge is -2.63. The highest BCUT2D eigenvalue weighted by atomic mass is 28.4. The molecule has 4 aliphatic rings. The first-order valence-electron chi connectivity index (χ1n) is 14.8. The Morgan fingerprint density at radius 1 is 0.892 bits per heavy atom. The topological polar surface area (TPSA) is 74.2 Å². The Labute approximate surface area is 228 Å². The summed E-state index contributed by atoms with van der Waals surface area (Å²) in [6.07, 6.45) is 5.70. The maximum Gasteiger partial charge on any atom is 0.276 e. The number of ether oxygens (including phenoxy) is 3. The summed E-state index contributed by atoms with van der Waals surface area (Å²) in [4.78, 5) is 0. The molecule has 6 nitrogen and oxygen atoms in total. The van der Waals surface area contributed by atoms with E-state index in [1.54, 1.807) is 7.11 Å². The van der Waals surface area contributed by atoms with Crippen LogP contribution >= 0.6 is 0 Å². The molecule has 2 aliphatic heterocycles. The van der Waals surface area contributed by atoms with Crippen molar-refractivity contribution in [2.24, 2.45) is 34.5 Å². The summed E-state index contributed by atoms with van der Waals surface area (Å²) in [5, 5.41) is 10.3. The standard InChI is InChI=1S/C29H54O6Si2/c1-10-36(31)16-20-11-21-23(12-19(20)15-30)33-29(17-27(21,2)3)18-28(4,5)22-13-26(35-37(7,8)9)25(32-6)14-24(22)34-29/h19-26,30H,10-18H2,1-9H3. The van der Waals surface area contributed by atoms with E-state index < -0.39 is 22.8 Å². The molecule has 1 spiro atoms. The van der Waals surface area contributed by atoms with Gasteiger partial charge in [0, 0.05) is 33.0 Å². The summed E-state index contributed by atoms with van der Waals surface area (Å²) in [6.45, 7) is 18.5. The van der Waals surface area contributed by atoms with Crippen LogP contribution in [-0.4, -0.2) is 66.0 Å². The zero-order chi connectivity index (χ0) is 27.4. The lowest BCUT2D eigenvalue weighted by atomic mass is 9.57. The van der Waals surface area contributed by atoms with Crippen molar-refractivity contribution >= 4 is 17.0 Å². The van der Waals surface area contributed by atoms with Crippen molar-refractivity contribution in [3.63, 3.8) is 0 Å². The summed E-state index contributed by atoms with van der Waals surface area (Å²) in [5.41, 5.74) is 0.103. The number of rotatable bonds is 7. The molecule has 0 amide bonds. The second-order valence-corrected chi connectivity index (χ2v) is 21.7. The Balaban J connectivity index is 1.55. The zero-order valence-corrected chi connectivity index (χ0v) is 27.0. The van der Waals surface area contributed by atoms with Crippen molar-refractivity contribution in [1.29, 1.82) is 0 Å². The predicted octanol–water partition coefficient (Wildman–Crippen LogP) is 6.03. The first-order valence-corrected chi connectivity index (χ1v) is 20.0. The number of fused-ring (bicyclic) bond motifs is 2. The molecule has 2 saturated carbocycles. The molecule has 0 bridgehead atoms. The van der Waals surface area contributed by atoms with Crippen molar-refractivity contribution in [3.8, 4) is 0 Å². The van der Waals surface area contributed by atoms with Gasteiger partial charge in [-0.1, -0.05) is 34.6 Å².